The number of benzene rings is 1. The second kappa shape index (κ2) is 8.03. The molecule has 156 valence electrons. The van der Waals surface area contributed by atoms with Gasteiger partial charge in [-0.2, -0.15) is 0 Å². The second-order valence-corrected chi connectivity index (χ2v) is 10.1. The van der Waals surface area contributed by atoms with Crippen LogP contribution in [0.5, 0.6) is 0 Å². The Labute approximate surface area is 182 Å². The summed E-state index contributed by atoms with van der Waals surface area (Å²) in [6.07, 6.45) is 6.48. The van der Waals surface area contributed by atoms with Gasteiger partial charge in [-0.3, -0.25) is 4.79 Å². The first kappa shape index (κ1) is 19.6. The maximum absolute atomic E-state index is 13.3. The van der Waals surface area contributed by atoms with E-state index >= 15 is 0 Å². The number of likely N-dealkylation sites (tertiary alicyclic amines) is 1. The monoisotopic (exact) mass is 419 g/mol. The van der Waals surface area contributed by atoms with Crippen molar-refractivity contribution in [2.75, 3.05) is 18.8 Å². The number of anilines is 1. The van der Waals surface area contributed by atoms with Gasteiger partial charge in [0.25, 0.3) is 5.91 Å². The predicted octanol–water partition coefficient (Wildman–Crippen LogP) is 5.10. The molecular formula is C25H29N3OS. The summed E-state index contributed by atoms with van der Waals surface area (Å²) in [5, 5.41) is 0.968. The normalized spacial score (nSPS) is 19.8. The summed E-state index contributed by atoms with van der Waals surface area (Å²) >= 11 is 1.48. The first-order valence-corrected chi connectivity index (χ1v) is 11.9. The van der Waals surface area contributed by atoms with Gasteiger partial charge in [0, 0.05) is 24.2 Å². The molecule has 1 atom stereocenters. The Morgan fingerprint density at radius 3 is 2.73 bits per heavy atom. The van der Waals surface area contributed by atoms with E-state index in [9.17, 15) is 4.79 Å². The van der Waals surface area contributed by atoms with E-state index in [4.69, 9.17) is 10.7 Å². The van der Waals surface area contributed by atoms with Crippen molar-refractivity contribution in [2.24, 2.45) is 11.8 Å². The van der Waals surface area contributed by atoms with Gasteiger partial charge in [0.1, 0.15) is 9.71 Å². The Morgan fingerprint density at radius 2 is 1.97 bits per heavy atom. The van der Waals surface area contributed by atoms with Crippen molar-refractivity contribution in [3.63, 3.8) is 0 Å². The predicted molar refractivity (Wildman–Crippen MR) is 124 cm³/mol. The highest BCUT2D eigenvalue weighted by atomic mass is 32.1. The van der Waals surface area contributed by atoms with Crippen LogP contribution in [0.1, 0.15) is 52.7 Å². The summed E-state index contributed by atoms with van der Waals surface area (Å²) in [6.45, 7) is 3.91. The van der Waals surface area contributed by atoms with Gasteiger partial charge in [0.15, 0.2) is 0 Å². The number of nitrogen functional groups attached to an aromatic ring is 1. The third-order valence-corrected chi connectivity index (χ3v) is 7.90. The molecule has 1 saturated heterocycles. The standard InChI is InChI=1S/C25H29N3OS/c1-16-7-8-21-19(13-16)15-20-22(26)23(30-24(20)27-21)25(29)28-11-9-18(10-12-28)14-17-5-3-2-4-6-17/h2-6,15-16,18H,7-14,26H2,1H3. The van der Waals surface area contributed by atoms with Crippen LogP contribution < -0.4 is 5.73 Å². The highest BCUT2D eigenvalue weighted by molar-refractivity contribution is 7.21. The zero-order valence-corrected chi connectivity index (χ0v) is 18.4. The molecule has 1 aromatic carbocycles. The van der Waals surface area contributed by atoms with Gasteiger partial charge in [-0.15, -0.1) is 11.3 Å². The van der Waals surface area contributed by atoms with Crippen molar-refractivity contribution in [1.82, 2.24) is 9.88 Å². The average Bonchev–Trinajstić information content (AvgIpc) is 3.08. The van der Waals surface area contributed by atoms with Gasteiger partial charge < -0.3 is 10.6 Å². The molecule has 1 aliphatic carbocycles. The molecule has 30 heavy (non-hydrogen) atoms. The number of aryl methyl sites for hydroxylation is 1. The van der Waals surface area contributed by atoms with Crippen molar-refractivity contribution in [3.8, 4) is 0 Å². The Bertz CT molecular complexity index is 1070. The van der Waals surface area contributed by atoms with Crippen LogP contribution in [-0.2, 0) is 19.3 Å². The smallest absolute Gasteiger partial charge is 0.266 e. The minimum absolute atomic E-state index is 0.0833. The molecule has 5 rings (SSSR count). The summed E-state index contributed by atoms with van der Waals surface area (Å²) in [6, 6.07) is 12.9. The van der Waals surface area contributed by atoms with Crippen molar-refractivity contribution in [2.45, 2.75) is 45.4 Å². The Morgan fingerprint density at radius 1 is 1.20 bits per heavy atom. The number of thiophene rings is 1. The zero-order chi connectivity index (χ0) is 20.7. The fourth-order valence-electron chi connectivity index (χ4n) is 4.96. The average molecular weight is 420 g/mol. The van der Waals surface area contributed by atoms with E-state index in [0.29, 0.717) is 22.4 Å². The number of aromatic nitrogens is 1. The summed E-state index contributed by atoms with van der Waals surface area (Å²) in [4.78, 5) is 21.7. The lowest BCUT2D eigenvalue weighted by Gasteiger charge is -2.32. The molecule has 4 nitrogen and oxygen atoms in total. The van der Waals surface area contributed by atoms with Crippen molar-refractivity contribution in [1.29, 1.82) is 0 Å². The lowest BCUT2D eigenvalue weighted by atomic mass is 9.87. The van der Waals surface area contributed by atoms with E-state index in [1.165, 1.54) is 34.6 Å². The molecule has 1 unspecified atom stereocenters. The minimum Gasteiger partial charge on any atom is -0.397 e. The van der Waals surface area contributed by atoms with Gasteiger partial charge in [-0.25, -0.2) is 4.98 Å². The third-order valence-electron chi connectivity index (χ3n) is 6.80. The number of piperidine rings is 1. The van der Waals surface area contributed by atoms with Crippen molar-refractivity contribution < 1.29 is 4.79 Å². The third kappa shape index (κ3) is 3.71. The SMILES string of the molecule is CC1CCc2nc3sc(C(=O)N4CCC(Cc5ccccc5)CC4)c(N)c3cc2C1. The van der Waals surface area contributed by atoms with E-state index in [2.05, 4.69) is 43.3 Å². The molecule has 2 aromatic heterocycles. The molecule has 3 heterocycles. The number of fused-ring (bicyclic) bond motifs is 2. The second-order valence-electron chi connectivity index (χ2n) is 9.07. The topological polar surface area (TPSA) is 59.2 Å². The first-order valence-electron chi connectivity index (χ1n) is 11.1. The number of carbonyl (C=O) groups is 1. The van der Waals surface area contributed by atoms with E-state index in [-0.39, 0.29) is 5.91 Å². The minimum atomic E-state index is 0.0833. The van der Waals surface area contributed by atoms with E-state index in [0.717, 1.165) is 55.4 Å². The zero-order valence-electron chi connectivity index (χ0n) is 17.6. The number of amides is 1. The van der Waals surface area contributed by atoms with Gasteiger partial charge in [0.05, 0.1) is 5.69 Å². The molecule has 0 saturated carbocycles. The number of nitrogens with zero attached hydrogens (tertiary/aromatic N) is 2. The molecule has 2 N–H and O–H groups in total. The maximum atomic E-state index is 13.3. The van der Waals surface area contributed by atoms with Crippen LogP contribution in [0, 0.1) is 11.8 Å². The fourth-order valence-corrected chi connectivity index (χ4v) is 6.03. The van der Waals surface area contributed by atoms with Crippen LogP contribution in [0.15, 0.2) is 36.4 Å². The number of hydrogen-bond acceptors (Lipinski definition) is 4. The van der Waals surface area contributed by atoms with Gasteiger partial charge in [-0.1, -0.05) is 37.3 Å². The lowest BCUT2D eigenvalue weighted by Crippen LogP contribution is -2.38. The molecule has 1 fully saturated rings. The van der Waals surface area contributed by atoms with Crippen LogP contribution in [0.2, 0.25) is 0 Å². The van der Waals surface area contributed by atoms with E-state index in [1.54, 1.807) is 0 Å². The van der Waals surface area contributed by atoms with E-state index < -0.39 is 0 Å². The highest BCUT2D eigenvalue weighted by Gasteiger charge is 2.28. The largest absolute Gasteiger partial charge is 0.397 e. The van der Waals surface area contributed by atoms with Crippen molar-refractivity contribution >= 4 is 33.1 Å². The summed E-state index contributed by atoms with van der Waals surface area (Å²) in [5.74, 6) is 1.42. The van der Waals surface area contributed by atoms with Gasteiger partial charge in [-0.05, 0) is 67.6 Å². The maximum Gasteiger partial charge on any atom is 0.266 e. The quantitative estimate of drug-likeness (QED) is 0.643. The lowest BCUT2D eigenvalue weighted by molar-refractivity contribution is 0.0696. The van der Waals surface area contributed by atoms with E-state index in [1.807, 2.05) is 4.90 Å². The summed E-state index contributed by atoms with van der Waals surface area (Å²) in [5.41, 5.74) is 11.0. The number of rotatable bonds is 3. The Hall–Kier alpha value is -2.40. The molecule has 0 radical (unpaired) electrons. The molecule has 2 aliphatic rings. The fraction of sp³-hybridized carbons (Fsp3) is 0.440. The first-order chi connectivity index (χ1) is 14.6. The Kier molecular flexibility index (Phi) is 5.23. The summed E-state index contributed by atoms with van der Waals surface area (Å²) < 4.78 is 0. The molecule has 5 heteroatoms. The molecule has 1 aliphatic heterocycles. The van der Waals surface area contributed by atoms with Gasteiger partial charge in [0.2, 0.25) is 0 Å². The number of hydrogen-bond donors (Lipinski definition) is 1. The van der Waals surface area contributed by atoms with Crippen LogP contribution in [-0.4, -0.2) is 28.9 Å². The highest BCUT2D eigenvalue weighted by Crippen LogP contribution is 2.37. The molecule has 1 amide bonds. The number of nitrogens with two attached hydrogens (primary N) is 1. The molecule has 0 spiro atoms. The van der Waals surface area contributed by atoms with Crippen LogP contribution in [0.25, 0.3) is 10.2 Å². The van der Waals surface area contributed by atoms with Crippen molar-refractivity contribution in [3.05, 3.63) is 58.1 Å². The number of pyridine rings is 1. The Balaban J connectivity index is 1.31. The van der Waals surface area contributed by atoms with Crippen LogP contribution in [0.4, 0.5) is 5.69 Å². The van der Waals surface area contributed by atoms with Gasteiger partial charge >= 0.3 is 0 Å². The number of carbonyl (C=O) groups excluding carboxylic acids is 1. The molecule has 0 bridgehead atoms. The summed E-state index contributed by atoms with van der Waals surface area (Å²) in [7, 11) is 0. The molecular weight excluding hydrogens is 390 g/mol. The van der Waals surface area contributed by atoms with Crippen LogP contribution in [0.3, 0.4) is 0 Å². The van der Waals surface area contributed by atoms with Crippen LogP contribution >= 0.6 is 11.3 Å². The molecule has 3 aromatic rings.